The van der Waals surface area contributed by atoms with E-state index in [9.17, 15) is 18.3 Å². The summed E-state index contributed by atoms with van der Waals surface area (Å²) < 4.78 is 41.9. The van der Waals surface area contributed by atoms with Crippen molar-refractivity contribution in [3.8, 4) is 5.75 Å². The summed E-state index contributed by atoms with van der Waals surface area (Å²) in [6.07, 6.45) is -1.38. The average molecular weight is 343 g/mol. The van der Waals surface area contributed by atoms with Gasteiger partial charge in [0.15, 0.2) is 0 Å². The van der Waals surface area contributed by atoms with E-state index in [0.29, 0.717) is 5.56 Å². The Morgan fingerprint density at radius 3 is 2.42 bits per heavy atom. The van der Waals surface area contributed by atoms with E-state index in [1.807, 2.05) is 6.92 Å². The minimum Gasteiger partial charge on any atom is -0.406 e. The molecule has 8 heteroatoms. The van der Waals surface area contributed by atoms with Crippen LogP contribution in [-0.4, -0.2) is 27.8 Å². The number of hydrogen-bond donors (Lipinski definition) is 2. The van der Waals surface area contributed by atoms with Crippen molar-refractivity contribution in [2.24, 2.45) is 7.05 Å². The lowest BCUT2D eigenvalue weighted by atomic mass is 9.98. The second kappa shape index (κ2) is 6.82. The van der Waals surface area contributed by atoms with Gasteiger partial charge < -0.3 is 15.2 Å². The number of halogens is 3. The third-order valence-electron chi connectivity index (χ3n) is 3.69. The minimum absolute atomic E-state index is 0.159. The molecule has 0 saturated carbocycles. The van der Waals surface area contributed by atoms with Crippen molar-refractivity contribution >= 4 is 0 Å². The van der Waals surface area contributed by atoms with Crippen molar-refractivity contribution < 1.29 is 23.0 Å². The summed E-state index contributed by atoms with van der Waals surface area (Å²) in [5, 5.41) is 17.7. The second-order valence-corrected chi connectivity index (χ2v) is 5.90. The lowest BCUT2D eigenvalue weighted by Gasteiger charge is -2.25. The molecule has 0 radical (unpaired) electrons. The fourth-order valence-corrected chi connectivity index (χ4v) is 2.23. The molecule has 1 aromatic carbocycles. The van der Waals surface area contributed by atoms with E-state index >= 15 is 0 Å². The van der Waals surface area contributed by atoms with Crippen LogP contribution in [0.15, 0.2) is 36.7 Å². The summed E-state index contributed by atoms with van der Waals surface area (Å²) >= 11 is 0. The zero-order valence-electron chi connectivity index (χ0n) is 13.6. The van der Waals surface area contributed by atoms with Gasteiger partial charge in [0.05, 0.1) is 6.20 Å². The number of nitrogens with zero attached hydrogens (tertiary/aromatic N) is 2. The summed E-state index contributed by atoms with van der Waals surface area (Å²) in [4.78, 5) is 0. The van der Waals surface area contributed by atoms with E-state index in [1.165, 1.54) is 12.1 Å². The number of aryl methyl sites for hydroxylation is 1. The Bertz CT molecular complexity index is 666. The van der Waals surface area contributed by atoms with Crippen molar-refractivity contribution in [1.29, 1.82) is 0 Å². The van der Waals surface area contributed by atoms with Crippen LogP contribution in [0.3, 0.4) is 0 Å². The first-order chi connectivity index (χ1) is 11.1. The van der Waals surface area contributed by atoms with Crippen molar-refractivity contribution in [3.63, 3.8) is 0 Å². The summed E-state index contributed by atoms with van der Waals surface area (Å²) in [7, 11) is 1.76. The molecule has 0 spiro atoms. The zero-order chi connectivity index (χ0) is 18.0. The zero-order valence-corrected chi connectivity index (χ0v) is 13.6. The maximum Gasteiger partial charge on any atom is 0.573 e. The van der Waals surface area contributed by atoms with Crippen LogP contribution in [-0.2, 0) is 12.6 Å². The van der Waals surface area contributed by atoms with Crippen molar-refractivity contribution in [2.75, 3.05) is 6.54 Å². The molecule has 1 aromatic heterocycles. The van der Waals surface area contributed by atoms with Gasteiger partial charge in [-0.15, -0.1) is 13.2 Å². The van der Waals surface area contributed by atoms with Gasteiger partial charge in [-0.1, -0.05) is 12.1 Å². The summed E-state index contributed by atoms with van der Waals surface area (Å²) in [6, 6.07) is 5.48. The fourth-order valence-electron chi connectivity index (χ4n) is 2.23. The molecule has 2 unspecified atom stereocenters. The van der Waals surface area contributed by atoms with E-state index in [-0.39, 0.29) is 18.3 Å². The number of aromatic nitrogens is 2. The van der Waals surface area contributed by atoms with Gasteiger partial charge in [-0.3, -0.25) is 4.68 Å². The van der Waals surface area contributed by atoms with Gasteiger partial charge in [0, 0.05) is 31.4 Å². The standard InChI is InChI=1S/C16H20F3N3O2/c1-11(12-4-6-14(7-5-12)24-16(17,18)19)20-10-15(2,23)13-8-21-22(3)9-13/h4-9,11,20,23H,10H2,1-3H3. The van der Waals surface area contributed by atoms with Crippen molar-refractivity contribution in [1.82, 2.24) is 15.1 Å². The summed E-state index contributed by atoms with van der Waals surface area (Å²) in [5.41, 5.74) is 0.354. The topological polar surface area (TPSA) is 59.3 Å². The number of hydrogen-bond acceptors (Lipinski definition) is 4. The van der Waals surface area contributed by atoms with Gasteiger partial charge in [-0.05, 0) is 31.5 Å². The quantitative estimate of drug-likeness (QED) is 0.847. The molecule has 132 valence electrons. The molecule has 5 nitrogen and oxygen atoms in total. The molecular formula is C16H20F3N3O2. The number of ether oxygens (including phenoxy) is 1. The molecule has 1 heterocycles. The van der Waals surface area contributed by atoms with E-state index in [2.05, 4.69) is 15.2 Å². The van der Waals surface area contributed by atoms with E-state index in [1.54, 1.807) is 43.2 Å². The number of alkyl halides is 3. The largest absolute Gasteiger partial charge is 0.573 e. The maximum atomic E-state index is 12.1. The van der Waals surface area contributed by atoms with Crippen LogP contribution < -0.4 is 10.1 Å². The molecule has 0 aliphatic heterocycles. The average Bonchev–Trinajstić information content (AvgIpc) is 2.91. The maximum absolute atomic E-state index is 12.1. The smallest absolute Gasteiger partial charge is 0.406 e. The lowest BCUT2D eigenvalue weighted by molar-refractivity contribution is -0.274. The third-order valence-corrected chi connectivity index (χ3v) is 3.69. The van der Waals surface area contributed by atoms with Crippen molar-refractivity contribution in [2.45, 2.75) is 31.9 Å². The first-order valence-electron chi connectivity index (χ1n) is 7.37. The predicted molar refractivity (Wildman–Crippen MR) is 82.3 cm³/mol. The molecule has 0 saturated heterocycles. The summed E-state index contributed by atoms with van der Waals surface area (Å²) in [6.45, 7) is 3.80. The van der Waals surface area contributed by atoms with Gasteiger partial charge in [0.25, 0.3) is 0 Å². The molecule has 24 heavy (non-hydrogen) atoms. The Labute approximate surface area is 138 Å². The fraction of sp³-hybridized carbons (Fsp3) is 0.438. The first-order valence-corrected chi connectivity index (χ1v) is 7.37. The highest BCUT2D eigenvalue weighted by molar-refractivity contribution is 5.29. The Hall–Kier alpha value is -2.06. The Kier molecular flexibility index (Phi) is 5.19. The first kappa shape index (κ1) is 18.3. The van der Waals surface area contributed by atoms with Gasteiger partial charge in [0.1, 0.15) is 11.4 Å². The Morgan fingerprint density at radius 1 is 1.29 bits per heavy atom. The van der Waals surface area contributed by atoms with Crippen LogP contribution >= 0.6 is 0 Å². The van der Waals surface area contributed by atoms with E-state index in [0.717, 1.165) is 5.56 Å². The van der Waals surface area contributed by atoms with E-state index in [4.69, 9.17) is 0 Å². The molecule has 0 aliphatic rings. The van der Waals surface area contributed by atoms with Gasteiger partial charge in [0.2, 0.25) is 0 Å². The molecule has 2 atom stereocenters. The predicted octanol–water partition coefficient (Wildman–Crippen LogP) is 2.88. The SMILES string of the molecule is CC(NCC(C)(O)c1cnn(C)c1)c1ccc(OC(F)(F)F)cc1. The molecule has 2 N–H and O–H groups in total. The van der Waals surface area contributed by atoms with Crippen LogP contribution in [0.25, 0.3) is 0 Å². The molecule has 0 amide bonds. The van der Waals surface area contributed by atoms with Crippen LogP contribution in [0.1, 0.15) is 31.0 Å². The monoisotopic (exact) mass is 343 g/mol. The second-order valence-electron chi connectivity index (χ2n) is 5.90. The number of aliphatic hydroxyl groups is 1. The Morgan fingerprint density at radius 2 is 1.92 bits per heavy atom. The highest BCUT2D eigenvalue weighted by atomic mass is 19.4. The lowest BCUT2D eigenvalue weighted by Crippen LogP contribution is -2.36. The van der Waals surface area contributed by atoms with Crippen LogP contribution in [0.2, 0.25) is 0 Å². The highest BCUT2D eigenvalue weighted by Gasteiger charge is 2.31. The molecular weight excluding hydrogens is 323 g/mol. The molecule has 2 rings (SSSR count). The molecule has 0 aliphatic carbocycles. The van der Waals surface area contributed by atoms with Crippen LogP contribution in [0, 0.1) is 0 Å². The normalized spacial score (nSPS) is 15.8. The third kappa shape index (κ3) is 4.97. The van der Waals surface area contributed by atoms with Crippen LogP contribution in [0.5, 0.6) is 5.75 Å². The van der Waals surface area contributed by atoms with Crippen molar-refractivity contribution in [3.05, 3.63) is 47.8 Å². The molecule has 0 fully saturated rings. The van der Waals surface area contributed by atoms with E-state index < -0.39 is 12.0 Å². The number of nitrogens with one attached hydrogen (secondary N) is 1. The Balaban J connectivity index is 1.96. The number of rotatable bonds is 6. The van der Waals surface area contributed by atoms with Gasteiger partial charge in [-0.25, -0.2) is 0 Å². The van der Waals surface area contributed by atoms with Gasteiger partial charge >= 0.3 is 6.36 Å². The summed E-state index contributed by atoms with van der Waals surface area (Å²) in [5.74, 6) is -0.263. The molecule has 0 bridgehead atoms. The van der Waals surface area contributed by atoms with Crippen LogP contribution in [0.4, 0.5) is 13.2 Å². The van der Waals surface area contributed by atoms with Gasteiger partial charge in [-0.2, -0.15) is 5.10 Å². The number of benzene rings is 1. The minimum atomic E-state index is -4.70. The highest BCUT2D eigenvalue weighted by Crippen LogP contribution is 2.25. The molecule has 2 aromatic rings.